The first-order chi connectivity index (χ1) is 13.2. The van der Waals surface area contributed by atoms with Crippen molar-refractivity contribution in [2.45, 2.75) is 38.0 Å². The third-order valence-electron chi connectivity index (χ3n) is 4.81. The van der Waals surface area contributed by atoms with E-state index in [9.17, 15) is 18.8 Å². The number of rotatable bonds is 4. The molecule has 2 aromatic rings. The van der Waals surface area contributed by atoms with Crippen LogP contribution in [0.1, 0.15) is 47.6 Å². The van der Waals surface area contributed by atoms with Crippen LogP contribution < -0.4 is 5.32 Å². The Balaban J connectivity index is 1.97. The predicted octanol–water partition coefficient (Wildman–Crippen LogP) is 5.01. The molecule has 1 N–H and O–H groups in total. The van der Waals surface area contributed by atoms with Crippen LogP contribution in [0, 0.1) is 35.5 Å². The van der Waals surface area contributed by atoms with E-state index in [4.69, 9.17) is 16.9 Å². The van der Waals surface area contributed by atoms with Crippen molar-refractivity contribution in [2.24, 2.45) is 5.92 Å². The molecule has 0 radical (unpaired) electrons. The Labute approximate surface area is 169 Å². The molecule has 1 aromatic heterocycles. The van der Waals surface area contributed by atoms with Gasteiger partial charge in [-0.2, -0.15) is 10.5 Å². The number of amides is 1. The third-order valence-corrected chi connectivity index (χ3v) is 6.18. The summed E-state index contributed by atoms with van der Waals surface area (Å²) in [6, 6.07) is 8.23. The van der Waals surface area contributed by atoms with Crippen molar-refractivity contribution in [3.63, 3.8) is 0 Å². The summed E-state index contributed by atoms with van der Waals surface area (Å²) >= 11 is 7.08. The van der Waals surface area contributed by atoms with E-state index >= 15 is 0 Å². The van der Waals surface area contributed by atoms with Gasteiger partial charge in [0, 0.05) is 12.8 Å². The molecule has 3 rings (SSSR count). The van der Waals surface area contributed by atoms with Crippen LogP contribution in [0.25, 0.3) is 0 Å². The molecule has 0 saturated heterocycles. The highest BCUT2D eigenvalue weighted by Crippen LogP contribution is 2.46. The highest BCUT2D eigenvalue weighted by Gasteiger charge is 2.45. The lowest BCUT2D eigenvalue weighted by atomic mass is 9.83. The van der Waals surface area contributed by atoms with Crippen molar-refractivity contribution in [2.75, 3.05) is 5.32 Å². The molecule has 1 aromatic carbocycles. The monoisotopic (exact) mass is 420 g/mol. The number of nitrogens with zero attached hydrogens (tertiary/aromatic N) is 3. The Bertz CT molecular complexity index is 989. The molecule has 144 valence electrons. The van der Waals surface area contributed by atoms with E-state index in [2.05, 4.69) is 10.3 Å². The Morgan fingerprint density at radius 3 is 2.64 bits per heavy atom. The van der Waals surface area contributed by atoms with Crippen LogP contribution >= 0.6 is 22.9 Å². The first-order valence-electron chi connectivity index (χ1n) is 8.50. The summed E-state index contributed by atoms with van der Waals surface area (Å²) in [5, 5.41) is 21.3. The normalized spacial score (nSPS) is 18.9. The van der Waals surface area contributed by atoms with Gasteiger partial charge in [-0.25, -0.2) is 13.8 Å². The van der Waals surface area contributed by atoms with E-state index in [0.717, 1.165) is 11.3 Å². The second-order valence-electron chi connectivity index (χ2n) is 6.73. The molecular formula is C19H15ClF2N4OS. The molecule has 1 amide bonds. The van der Waals surface area contributed by atoms with Gasteiger partial charge in [0.15, 0.2) is 5.13 Å². The predicted molar refractivity (Wildman–Crippen MR) is 101 cm³/mol. The largest absolute Gasteiger partial charge is 0.301 e. The Kier molecular flexibility index (Phi) is 5.64. The second kappa shape index (κ2) is 7.83. The first-order valence-corrected chi connectivity index (χ1v) is 9.69. The van der Waals surface area contributed by atoms with Crippen LogP contribution in [-0.4, -0.2) is 16.8 Å². The molecule has 28 heavy (non-hydrogen) atoms. The summed E-state index contributed by atoms with van der Waals surface area (Å²) in [6.07, 6.45) is -0.514. The zero-order valence-electron chi connectivity index (χ0n) is 14.8. The van der Waals surface area contributed by atoms with Crippen molar-refractivity contribution in [1.82, 2.24) is 4.98 Å². The van der Waals surface area contributed by atoms with Crippen LogP contribution in [0.4, 0.5) is 13.9 Å². The van der Waals surface area contributed by atoms with E-state index in [0.29, 0.717) is 15.6 Å². The quantitative estimate of drug-likeness (QED) is 0.753. The highest BCUT2D eigenvalue weighted by molar-refractivity contribution is 7.19. The van der Waals surface area contributed by atoms with Gasteiger partial charge in [-0.15, -0.1) is 0 Å². The smallest absolute Gasteiger partial charge is 0.248 e. The van der Waals surface area contributed by atoms with Crippen LogP contribution in [0.15, 0.2) is 18.2 Å². The molecule has 5 nitrogen and oxygen atoms in total. The lowest BCUT2D eigenvalue weighted by Gasteiger charge is -2.23. The number of thiazole rings is 1. The number of nitrogens with one attached hydrogen (secondary N) is 1. The van der Waals surface area contributed by atoms with Crippen molar-refractivity contribution < 1.29 is 13.6 Å². The zero-order chi connectivity index (χ0) is 20.5. The lowest BCUT2D eigenvalue weighted by Crippen LogP contribution is -2.27. The van der Waals surface area contributed by atoms with Crippen LogP contribution in [-0.2, 0) is 4.79 Å². The number of alkyl halides is 2. The summed E-state index contributed by atoms with van der Waals surface area (Å²) in [6.45, 7) is 1.70. The topological polar surface area (TPSA) is 89.6 Å². The fourth-order valence-electron chi connectivity index (χ4n) is 3.47. The minimum atomic E-state index is -2.82. The summed E-state index contributed by atoms with van der Waals surface area (Å²) in [5.74, 6) is -4.79. The SMILES string of the molecule is Cc1nc(NC(=O)[C@@H](c2ccc(C#N)c(C#N)c2)[C@@H]2CCC(F)(F)C2)sc1Cl. The van der Waals surface area contributed by atoms with Gasteiger partial charge in [0.2, 0.25) is 11.8 Å². The number of hydrogen-bond donors (Lipinski definition) is 1. The van der Waals surface area contributed by atoms with E-state index in [1.807, 2.05) is 12.1 Å². The Hall–Kier alpha value is -2.55. The van der Waals surface area contributed by atoms with Crippen molar-refractivity contribution in [3.8, 4) is 12.1 Å². The molecule has 1 aliphatic rings. The Morgan fingerprint density at radius 1 is 1.39 bits per heavy atom. The van der Waals surface area contributed by atoms with Crippen molar-refractivity contribution >= 4 is 34.0 Å². The van der Waals surface area contributed by atoms with Crippen LogP contribution in [0.2, 0.25) is 4.34 Å². The number of anilines is 1. The maximum absolute atomic E-state index is 13.8. The number of halogens is 3. The number of aromatic nitrogens is 1. The second-order valence-corrected chi connectivity index (χ2v) is 8.33. The molecule has 0 spiro atoms. The molecule has 0 aliphatic heterocycles. The summed E-state index contributed by atoms with van der Waals surface area (Å²) in [4.78, 5) is 17.2. The number of carbonyl (C=O) groups excluding carboxylic acids is 1. The number of carbonyl (C=O) groups is 1. The fraction of sp³-hybridized carbons (Fsp3) is 0.368. The van der Waals surface area contributed by atoms with Crippen molar-refractivity contribution in [3.05, 3.63) is 44.9 Å². The highest BCUT2D eigenvalue weighted by atomic mass is 35.5. The van der Waals surface area contributed by atoms with E-state index in [-0.39, 0.29) is 29.1 Å². The van der Waals surface area contributed by atoms with E-state index in [1.165, 1.54) is 12.1 Å². The van der Waals surface area contributed by atoms with Gasteiger partial charge in [0.1, 0.15) is 16.5 Å². The standard InChI is InChI=1S/C19H15ClF2N4OS/c1-10-16(20)28-18(25-10)26-17(27)15(12-4-5-19(21,22)7-12)11-2-3-13(8-23)14(6-11)9-24/h2-3,6,12,15H,4-5,7H2,1H3,(H,25,26,27)/t12-,15+/m1/s1. The molecule has 1 heterocycles. The van der Waals surface area contributed by atoms with E-state index < -0.39 is 30.1 Å². The van der Waals surface area contributed by atoms with Gasteiger partial charge in [0.05, 0.1) is 22.7 Å². The number of hydrogen-bond acceptors (Lipinski definition) is 5. The maximum Gasteiger partial charge on any atom is 0.248 e. The maximum atomic E-state index is 13.8. The third kappa shape index (κ3) is 4.14. The summed E-state index contributed by atoms with van der Waals surface area (Å²) in [7, 11) is 0. The molecule has 1 fully saturated rings. The first kappa shape index (κ1) is 20.2. The van der Waals surface area contributed by atoms with Crippen LogP contribution in [0.5, 0.6) is 0 Å². The molecule has 1 aliphatic carbocycles. The average molecular weight is 421 g/mol. The van der Waals surface area contributed by atoms with Gasteiger partial charge in [-0.3, -0.25) is 4.79 Å². The van der Waals surface area contributed by atoms with Gasteiger partial charge in [-0.05, 0) is 37.0 Å². The van der Waals surface area contributed by atoms with Gasteiger partial charge < -0.3 is 5.32 Å². The number of nitriles is 2. The lowest BCUT2D eigenvalue weighted by molar-refractivity contribution is -0.118. The van der Waals surface area contributed by atoms with Crippen molar-refractivity contribution in [1.29, 1.82) is 10.5 Å². The fourth-order valence-corrected chi connectivity index (χ4v) is 4.42. The Morgan fingerprint density at radius 2 is 2.11 bits per heavy atom. The molecule has 2 atom stereocenters. The summed E-state index contributed by atoms with van der Waals surface area (Å²) in [5.41, 5.74) is 1.27. The minimum absolute atomic E-state index is 0.107. The van der Waals surface area contributed by atoms with Gasteiger partial charge in [0.25, 0.3) is 0 Å². The van der Waals surface area contributed by atoms with Gasteiger partial charge in [-0.1, -0.05) is 29.0 Å². The molecule has 9 heteroatoms. The zero-order valence-corrected chi connectivity index (χ0v) is 16.4. The van der Waals surface area contributed by atoms with Crippen LogP contribution in [0.3, 0.4) is 0 Å². The van der Waals surface area contributed by atoms with E-state index in [1.54, 1.807) is 13.0 Å². The molecule has 0 bridgehead atoms. The minimum Gasteiger partial charge on any atom is -0.301 e. The molecule has 0 unspecified atom stereocenters. The number of benzene rings is 1. The number of aryl methyl sites for hydroxylation is 1. The average Bonchev–Trinajstić information content (AvgIpc) is 3.15. The van der Waals surface area contributed by atoms with Gasteiger partial charge >= 0.3 is 0 Å². The molecule has 1 saturated carbocycles. The molecular weight excluding hydrogens is 406 g/mol. The summed E-state index contributed by atoms with van der Waals surface area (Å²) < 4.78 is 28.1.